The highest BCUT2D eigenvalue weighted by molar-refractivity contribution is 14.1. The third-order valence-electron chi connectivity index (χ3n) is 6.49. The van der Waals surface area contributed by atoms with E-state index in [1.807, 2.05) is 210 Å². The molecule has 0 saturated carbocycles. The lowest BCUT2D eigenvalue weighted by Gasteiger charge is -2.03. The van der Waals surface area contributed by atoms with Gasteiger partial charge >= 0.3 is 17.6 Å². The summed E-state index contributed by atoms with van der Waals surface area (Å²) >= 11 is 5.09. The minimum Gasteiger partial charge on any atom is -1.00 e. The van der Waals surface area contributed by atoms with Crippen molar-refractivity contribution in [3.63, 3.8) is 0 Å². The monoisotopic (exact) mass is 1060 g/mol. The Hall–Kier alpha value is -2.46. The summed E-state index contributed by atoms with van der Waals surface area (Å²) in [7, 11) is 16.4. The highest BCUT2D eigenvalue weighted by Crippen LogP contribution is 2.24. The van der Waals surface area contributed by atoms with E-state index < -0.39 is 0 Å². The summed E-state index contributed by atoms with van der Waals surface area (Å²) < 4.78 is 29.9. The maximum atomic E-state index is 5.82. The van der Waals surface area contributed by atoms with Gasteiger partial charge in [-0.3, -0.25) is 0 Å². The van der Waals surface area contributed by atoms with Crippen molar-refractivity contribution in [3.05, 3.63) is 145 Å². The normalized spacial score (nSPS) is 8.69. The maximum absolute atomic E-state index is 5.82. The molecule has 6 heterocycles. The predicted octanol–water partition coefficient (Wildman–Crippen LogP) is -12.3. The number of hydrogen-bond donors (Lipinski definition) is 0. The summed E-state index contributed by atoms with van der Waals surface area (Å²) in [6.45, 7) is 0. The molecule has 9 nitrogen and oxygen atoms in total. The Morgan fingerprint density at radius 3 is 1.09 bits per heavy atom. The summed E-state index contributed by atoms with van der Waals surface area (Å²) in [5.74, 6) is 4.91. The second kappa shape index (κ2) is 31.7. The van der Waals surface area contributed by atoms with Gasteiger partial charge in [-0.1, -0.05) is 0 Å². The fraction of sp³-hybridized carbons (Fsp3) is 0.167. The van der Waals surface area contributed by atoms with Gasteiger partial charge in [0.05, 0.1) is 12.1 Å². The average Bonchev–Trinajstić information content (AvgIpc) is 3.07. The lowest BCUT2D eigenvalue weighted by molar-refractivity contribution is -0.679. The van der Waals surface area contributed by atoms with Crippen molar-refractivity contribution in [2.24, 2.45) is 42.3 Å². The zero-order valence-corrected chi connectivity index (χ0v) is 39.1. The standard InChI is InChI=1S/C12H13BrN2O.2C12H14N2O.ClI.6ClH/c1-14-7-3-5-10(9-14)16-12-11(13)6-4-8-15(12)2;2*1-13-8-5-6-11(10-13)15-12-7-3-4-9-14(12)2;1-2;;;;;;/h3-9H,1-2H3;2*3-10H,1-2H3;;6*1H/q3*+2;;;;;;;/p-6. The second-order valence-corrected chi connectivity index (χ2v) is 11.3. The summed E-state index contributed by atoms with van der Waals surface area (Å²) in [4.78, 5) is 0. The van der Waals surface area contributed by atoms with Crippen LogP contribution in [0, 0.1) is 0 Å². The molecule has 54 heavy (non-hydrogen) atoms. The number of rotatable bonds is 6. The molecule has 0 aliphatic heterocycles. The van der Waals surface area contributed by atoms with Crippen molar-refractivity contribution < 1.29 is 116 Å². The lowest BCUT2D eigenvalue weighted by atomic mass is 10.4. The first-order valence-corrected chi connectivity index (χ1v) is 18.3. The first-order valence-electron chi connectivity index (χ1n) is 14.7. The number of aryl methyl sites for hydroxylation is 6. The van der Waals surface area contributed by atoms with Gasteiger partial charge < -0.3 is 88.7 Å². The Labute approximate surface area is 381 Å². The Morgan fingerprint density at radius 1 is 0.426 bits per heavy atom. The molecule has 0 bridgehead atoms. The van der Waals surface area contributed by atoms with E-state index in [1.54, 1.807) is 21.5 Å². The summed E-state index contributed by atoms with van der Waals surface area (Å²) in [6.07, 6.45) is 17.6. The van der Waals surface area contributed by atoms with Crippen LogP contribution in [0.5, 0.6) is 34.9 Å². The Balaban J connectivity index is -0.000000322. The van der Waals surface area contributed by atoms with Crippen molar-refractivity contribution in [1.29, 1.82) is 0 Å². The molecule has 18 heteroatoms. The molecule has 0 saturated heterocycles. The second-order valence-electron chi connectivity index (χ2n) is 10.5. The minimum absolute atomic E-state index is 0. The topological polar surface area (TPSA) is 51.0 Å². The van der Waals surface area contributed by atoms with E-state index >= 15 is 0 Å². The smallest absolute Gasteiger partial charge is 0.387 e. The highest BCUT2D eigenvalue weighted by Gasteiger charge is 2.15. The fourth-order valence-corrected chi connectivity index (χ4v) is 4.64. The van der Waals surface area contributed by atoms with Gasteiger partial charge in [-0.05, 0) is 61.2 Å². The SMILES string of the molecule is C[n+]1cccc(Oc2c(Br)ccc[n+]2C)c1.C[n+]1cccc(Oc2cccc[n+]2C)c1.C[n+]1cccc(Oc2cccc[n+]2C)c1.ClI.[Cl-].[Cl-].[Cl-].[Cl-].[Cl-].[Cl-]. The number of nitrogens with zero attached hydrogens (tertiary/aromatic N) is 6. The van der Waals surface area contributed by atoms with E-state index in [0.29, 0.717) is 0 Å². The Morgan fingerprint density at radius 2 is 0.759 bits per heavy atom. The van der Waals surface area contributed by atoms with Gasteiger partial charge in [0.1, 0.15) is 46.8 Å². The van der Waals surface area contributed by atoms with Gasteiger partial charge in [-0.25, -0.2) is 13.7 Å². The molecule has 6 aromatic rings. The number of hydrogen-bond acceptors (Lipinski definition) is 3. The fourth-order valence-electron chi connectivity index (χ4n) is 4.13. The first kappa shape index (κ1) is 58.3. The molecule has 6 aromatic heterocycles. The summed E-state index contributed by atoms with van der Waals surface area (Å²) in [5.41, 5.74) is 0. The third kappa shape index (κ3) is 20.5. The van der Waals surface area contributed by atoms with E-state index in [-0.39, 0.29) is 74.4 Å². The van der Waals surface area contributed by atoms with Crippen LogP contribution >= 0.6 is 46.3 Å². The molecule has 0 aliphatic carbocycles. The Bertz CT molecular complexity index is 1810. The van der Waals surface area contributed by atoms with Crippen molar-refractivity contribution in [2.75, 3.05) is 0 Å². The number of pyridine rings is 6. The number of ether oxygens (including phenoxy) is 3. The van der Waals surface area contributed by atoms with E-state index in [1.165, 1.54) is 0 Å². The molecule has 0 N–H and O–H groups in total. The first-order chi connectivity index (χ1) is 23.2. The van der Waals surface area contributed by atoms with Gasteiger partial charge in [-0.15, -0.1) is 0 Å². The molecule has 0 fully saturated rings. The van der Waals surface area contributed by atoms with Gasteiger partial charge in [0.15, 0.2) is 54.4 Å². The van der Waals surface area contributed by atoms with Crippen molar-refractivity contribution >= 4 is 46.3 Å². The molecule has 6 rings (SSSR count). The van der Waals surface area contributed by atoms with Crippen LogP contribution in [0.2, 0.25) is 0 Å². The average molecular weight is 1060 g/mol. The third-order valence-corrected chi connectivity index (χ3v) is 7.09. The van der Waals surface area contributed by atoms with Crippen LogP contribution in [0.3, 0.4) is 0 Å². The molecule has 0 unspecified atom stereocenters. The van der Waals surface area contributed by atoms with Crippen LogP contribution < -0.4 is 116 Å². The van der Waals surface area contributed by atoms with Gasteiger partial charge in [0, 0.05) is 57.9 Å². The minimum atomic E-state index is 0. The largest absolute Gasteiger partial charge is 1.00 e. The number of aromatic nitrogens is 6. The zero-order valence-electron chi connectivity index (χ0n) is 30.1. The van der Waals surface area contributed by atoms with E-state index in [9.17, 15) is 0 Å². The molecule has 0 spiro atoms. The number of halogens is 9. The predicted molar refractivity (Wildman–Crippen MR) is 194 cm³/mol. The molecule has 0 radical (unpaired) electrons. The van der Waals surface area contributed by atoms with Crippen molar-refractivity contribution in [3.8, 4) is 34.9 Å². The van der Waals surface area contributed by atoms with Crippen LogP contribution in [0.4, 0.5) is 0 Å². The van der Waals surface area contributed by atoms with E-state index in [0.717, 1.165) is 39.4 Å². The van der Waals surface area contributed by atoms with E-state index in [2.05, 4.69) is 24.8 Å². The van der Waals surface area contributed by atoms with Crippen LogP contribution in [-0.4, -0.2) is 0 Å². The molecule has 0 atom stereocenters. The van der Waals surface area contributed by atoms with Gasteiger partial charge in [0.25, 0.3) is 0 Å². The van der Waals surface area contributed by atoms with Gasteiger partial charge in [0.2, 0.25) is 18.6 Å². The molecule has 0 aromatic carbocycles. The molecular formula is C36H41BrCl7IN6O3. The molecule has 296 valence electrons. The highest BCUT2D eigenvalue weighted by atomic mass is 127. The molecular weight excluding hydrogens is 1020 g/mol. The summed E-state index contributed by atoms with van der Waals surface area (Å²) in [6, 6.07) is 27.3. The Kier molecular flexibility index (Phi) is 34.2. The van der Waals surface area contributed by atoms with Crippen LogP contribution in [0.25, 0.3) is 0 Å². The van der Waals surface area contributed by atoms with Crippen molar-refractivity contribution in [2.45, 2.75) is 0 Å². The maximum Gasteiger partial charge on any atom is 0.387 e. The zero-order chi connectivity index (χ0) is 34.9. The van der Waals surface area contributed by atoms with Crippen LogP contribution in [0.15, 0.2) is 145 Å². The summed E-state index contributed by atoms with van der Waals surface area (Å²) in [5, 5.41) is 0. The van der Waals surface area contributed by atoms with Crippen LogP contribution in [-0.2, 0) is 42.3 Å². The quantitative estimate of drug-likeness (QED) is 0.123. The van der Waals surface area contributed by atoms with Crippen molar-refractivity contribution in [1.82, 2.24) is 0 Å². The molecule has 0 aliphatic rings. The van der Waals surface area contributed by atoms with Crippen LogP contribution in [0.1, 0.15) is 0 Å². The van der Waals surface area contributed by atoms with E-state index in [4.69, 9.17) is 14.2 Å². The van der Waals surface area contributed by atoms with Gasteiger partial charge in [-0.2, -0.15) is 13.7 Å². The lowest BCUT2D eigenvalue weighted by Crippen LogP contribution is -3.00. The molecule has 0 amide bonds.